The van der Waals surface area contributed by atoms with Crippen LogP contribution in [-0.4, -0.2) is 9.97 Å². The van der Waals surface area contributed by atoms with E-state index in [-0.39, 0.29) is 5.69 Å². The monoisotopic (exact) mass is 470 g/mol. The Morgan fingerprint density at radius 2 is 1.83 bits per heavy atom. The van der Waals surface area contributed by atoms with Crippen molar-refractivity contribution in [3.63, 3.8) is 0 Å². The summed E-state index contributed by atoms with van der Waals surface area (Å²) < 4.78 is 14.7. The summed E-state index contributed by atoms with van der Waals surface area (Å²) in [6.07, 6.45) is 0. The predicted octanol–water partition coefficient (Wildman–Crippen LogP) is 7.62. The number of fused-ring (bicyclic) bond motifs is 1. The van der Waals surface area contributed by atoms with E-state index < -0.39 is 5.82 Å². The van der Waals surface area contributed by atoms with Gasteiger partial charge < -0.3 is 4.90 Å². The summed E-state index contributed by atoms with van der Waals surface area (Å²) in [5, 5.41) is 2.99. The van der Waals surface area contributed by atoms with Gasteiger partial charge in [-0.2, -0.15) is 0 Å². The Labute approximate surface area is 192 Å². The SMILES string of the molecule is Fc1cccc(Cl)c1N1Cc2nc(-c3cccs3)cc(-c3ccc(Cl)cc3)c2C1=S. The third-order valence-corrected chi connectivity index (χ3v) is 6.87. The van der Waals surface area contributed by atoms with E-state index in [1.54, 1.807) is 28.4 Å². The second kappa shape index (κ2) is 7.75. The number of pyridine rings is 1. The van der Waals surface area contributed by atoms with Gasteiger partial charge in [0.25, 0.3) is 0 Å². The molecule has 0 fully saturated rings. The fraction of sp³-hybridized carbons (Fsp3) is 0.0435. The smallest absolute Gasteiger partial charge is 0.148 e. The van der Waals surface area contributed by atoms with Gasteiger partial charge in [0.15, 0.2) is 0 Å². The molecule has 4 aromatic rings. The lowest BCUT2D eigenvalue weighted by atomic mass is 9.98. The number of hydrogen-bond acceptors (Lipinski definition) is 3. The highest BCUT2D eigenvalue weighted by molar-refractivity contribution is 7.81. The van der Waals surface area contributed by atoms with Crippen LogP contribution >= 0.6 is 46.8 Å². The number of para-hydroxylation sites is 1. The van der Waals surface area contributed by atoms with Gasteiger partial charge in [0.05, 0.1) is 33.5 Å². The molecule has 1 aliphatic heterocycles. The Morgan fingerprint density at radius 1 is 1.03 bits per heavy atom. The highest BCUT2D eigenvalue weighted by Gasteiger charge is 2.33. The van der Waals surface area contributed by atoms with Crippen molar-refractivity contribution in [2.75, 3.05) is 4.90 Å². The lowest BCUT2D eigenvalue weighted by Crippen LogP contribution is -2.23. The second-order valence-electron chi connectivity index (χ2n) is 6.82. The third kappa shape index (κ3) is 3.32. The van der Waals surface area contributed by atoms with E-state index >= 15 is 0 Å². The first-order chi connectivity index (χ1) is 14.5. The zero-order valence-corrected chi connectivity index (χ0v) is 18.5. The highest BCUT2D eigenvalue weighted by atomic mass is 35.5. The fourth-order valence-corrected chi connectivity index (χ4v) is 5.10. The highest BCUT2D eigenvalue weighted by Crippen LogP contribution is 2.40. The minimum atomic E-state index is -0.413. The largest absolute Gasteiger partial charge is 0.322 e. The molecule has 0 saturated heterocycles. The van der Waals surface area contributed by atoms with Crippen molar-refractivity contribution in [3.8, 4) is 21.7 Å². The molecular formula is C23H13Cl2FN2S2. The van der Waals surface area contributed by atoms with E-state index in [0.717, 1.165) is 33.0 Å². The average Bonchev–Trinajstić information content (AvgIpc) is 3.37. The lowest BCUT2D eigenvalue weighted by molar-refractivity contribution is 0.626. The summed E-state index contributed by atoms with van der Waals surface area (Å²) in [6.45, 7) is 0.356. The van der Waals surface area contributed by atoms with Crippen molar-refractivity contribution in [1.82, 2.24) is 4.98 Å². The Bertz CT molecular complexity index is 1250. The summed E-state index contributed by atoms with van der Waals surface area (Å²) in [6, 6.07) is 18.3. The van der Waals surface area contributed by atoms with Crippen LogP contribution in [0.15, 0.2) is 66.0 Å². The zero-order valence-electron chi connectivity index (χ0n) is 15.4. The van der Waals surface area contributed by atoms with Gasteiger partial charge in [-0.3, -0.25) is 0 Å². The maximum absolute atomic E-state index is 14.7. The van der Waals surface area contributed by atoms with Crippen molar-refractivity contribution >= 4 is 57.4 Å². The van der Waals surface area contributed by atoms with Gasteiger partial charge in [-0.15, -0.1) is 11.3 Å². The molecule has 0 radical (unpaired) electrons. The van der Waals surface area contributed by atoms with Crippen LogP contribution in [0.4, 0.5) is 10.1 Å². The number of thiocarbonyl (C=S) groups is 1. The summed E-state index contributed by atoms with van der Waals surface area (Å²) in [5.41, 5.74) is 4.68. The molecule has 1 aliphatic rings. The van der Waals surface area contributed by atoms with E-state index in [0.29, 0.717) is 21.6 Å². The molecule has 0 unspecified atom stereocenters. The number of anilines is 1. The Hall–Kier alpha value is -2.31. The van der Waals surface area contributed by atoms with Crippen LogP contribution in [0.25, 0.3) is 21.7 Å². The van der Waals surface area contributed by atoms with Crippen molar-refractivity contribution in [2.45, 2.75) is 6.54 Å². The molecule has 0 saturated carbocycles. The van der Waals surface area contributed by atoms with Gasteiger partial charge in [-0.05, 0) is 52.9 Å². The van der Waals surface area contributed by atoms with Gasteiger partial charge in [0.1, 0.15) is 10.8 Å². The first-order valence-electron chi connectivity index (χ1n) is 9.12. The number of rotatable bonds is 3. The molecule has 0 aliphatic carbocycles. The van der Waals surface area contributed by atoms with Crippen LogP contribution in [0.3, 0.4) is 0 Å². The molecule has 0 N–H and O–H groups in total. The van der Waals surface area contributed by atoms with E-state index in [9.17, 15) is 4.39 Å². The third-order valence-electron chi connectivity index (χ3n) is 5.00. The van der Waals surface area contributed by atoms with Crippen LogP contribution in [0.1, 0.15) is 11.3 Å². The van der Waals surface area contributed by atoms with Crippen LogP contribution in [0, 0.1) is 5.82 Å². The first-order valence-corrected chi connectivity index (χ1v) is 11.2. The van der Waals surface area contributed by atoms with Gasteiger partial charge in [0.2, 0.25) is 0 Å². The quantitative estimate of drug-likeness (QED) is 0.286. The van der Waals surface area contributed by atoms with Gasteiger partial charge >= 0.3 is 0 Å². The number of nitrogens with zero attached hydrogens (tertiary/aromatic N) is 2. The van der Waals surface area contributed by atoms with E-state index in [1.165, 1.54) is 6.07 Å². The standard InChI is InChI=1S/C23H13Cl2FN2S2/c24-14-8-6-13(7-9-14)15-11-18(20-5-2-10-30-20)27-19-12-28(23(29)21(15)19)22-16(25)3-1-4-17(22)26/h1-11H,12H2. The van der Waals surface area contributed by atoms with Crippen molar-refractivity contribution in [2.24, 2.45) is 0 Å². The summed E-state index contributed by atoms with van der Waals surface area (Å²) in [7, 11) is 0. The molecular weight excluding hydrogens is 458 g/mol. The molecule has 30 heavy (non-hydrogen) atoms. The minimum Gasteiger partial charge on any atom is -0.322 e. The zero-order chi connectivity index (χ0) is 20.8. The van der Waals surface area contributed by atoms with E-state index in [4.69, 9.17) is 40.4 Å². The molecule has 2 nitrogen and oxygen atoms in total. The normalized spacial score (nSPS) is 13.0. The van der Waals surface area contributed by atoms with Gasteiger partial charge in [-0.1, -0.05) is 59.7 Å². The van der Waals surface area contributed by atoms with Gasteiger partial charge in [-0.25, -0.2) is 9.37 Å². The summed E-state index contributed by atoms with van der Waals surface area (Å²) in [4.78, 5) is 8.16. The summed E-state index contributed by atoms with van der Waals surface area (Å²) >= 11 is 19.8. The predicted molar refractivity (Wildman–Crippen MR) is 127 cm³/mol. The number of benzene rings is 2. The first kappa shape index (κ1) is 19.6. The number of hydrogen-bond donors (Lipinski definition) is 0. The number of halogens is 3. The van der Waals surface area contributed by atoms with E-state index in [1.807, 2.05) is 47.8 Å². The topological polar surface area (TPSA) is 16.1 Å². The van der Waals surface area contributed by atoms with Crippen LogP contribution in [-0.2, 0) is 6.54 Å². The van der Waals surface area contributed by atoms with Crippen molar-refractivity contribution in [1.29, 1.82) is 0 Å². The minimum absolute atomic E-state index is 0.280. The Morgan fingerprint density at radius 3 is 2.53 bits per heavy atom. The molecule has 0 amide bonds. The van der Waals surface area contributed by atoms with Crippen LogP contribution < -0.4 is 4.90 Å². The number of aromatic nitrogens is 1. The van der Waals surface area contributed by atoms with E-state index in [2.05, 4.69) is 0 Å². The number of thiophene rings is 1. The van der Waals surface area contributed by atoms with Gasteiger partial charge in [0, 0.05) is 10.6 Å². The van der Waals surface area contributed by atoms with Crippen LogP contribution in [0.2, 0.25) is 10.0 Å². The molecule has 0 atom stereocenters. The molecule has 0 bridgehead atoms. The van der Waals surface area contributed by atoms with Crippen molar-refractivity contribution < 1.29 is 4.39 Å². The average molecular weight is 471 g/mol. The Balaban J connectivity index is 1.71. The maximum Gasteiger partial charge on any atom is 0.148 e. The molecule has 3 heterocycles. The molecule has 2 aromatic heterocycles. The Kier molecular flexibility index (Phi) is 5.07. The second-order valence-corrected chi connectivity index (χ2v) is 9.00. The van der Waals surface area contributed by atoms with Crippen LogP contribution in [0.5, 0.6) is 0 Å². The molecule has 5 rings (SSSR count). The molecule has 7 heteroatoms. The molecule has 0 spiro atoms. The lowest BCUT2D eigenvalue weighted by Gasteiger charge is -2.20. The summed E-state index contributed by atoms with van der Waals surface area (Å²) in [5.74, 6) is -0.413. The molecule has 2 aromatic carbocycles. The maximum atomic E-state index is 14.7. The van der Waals surface area contributed by atoms with Crippen molar-refractivity contribution in [3.05, 3.63) is 93.2 Å². The fourth-order valence-electron chi connectivity index (χ4n) is 3.64. The molecule has 148 valence electrons.